The van der Waals surface area contributed by atoms with E-state index < -0.39 is 23.8 Å². The van der Waals surface area contributed by atoms with Crippen LogP contribution in [0.3, 0.4) is 0 Å². The SMILES string of the molecule is O=C(CO)c1ccc2c(c1)C[C@@]1(CC2)CCN(Cc2ccc(C(F)(F)F)cc2)C1=O. The van der Waals surface area contributed by atoms with Crippen molar-refractivity contribution in [2.75, 3.05) is 13.2 Å². The van der Waals surface area contributed by atoms with Crippen LogP contribution in [0.25, 0.3) is 0 Å². The van der Waals surface area contributed by atoms with Crippen LogP contribution in [0.5, 0.6) is 0 Å². The number of aliphatic hydroxyl groups excluding tert-OH is 1. The molecule has 2 aliphatic rings. The number of benzene rings is 2. The van der Waals surface area contributed by atoms with E-state index in [0.717, 1.165) is 36.1 Å². The number of carbonyl (C=O) groups excluding carboxylic acids is 2. The van der Waals surface area contributed by atoms with Crippen molar-refractivity contribution in [3.05, 3.63) is 70.3 Å². The summed E-state index contributed by atoms with van der Waals surface area (Å²) in [4.78, 5) is 26.8. The Balaban J connectivity index is 1.50. The number of rotatable bonds is 4. The van der Waals surface area contributed by atoms with Gasteiger partial charge in [-0.2, -0.15) is 13.2 Å². The van der Waals surface area contributed by atoms with E-state index in [-0.39, 0.29) is 18.2 Å². The molecule has 0 aromatic heterocycles. The summed E-state index contributed by atoms with van der Waals surface area (Å²) in [6.07, 6.45) is -1.70. The molecule has 4 rings (SSSR count). The number of aryl methyl sites for hydroxylation is 1. The van der Waals surface area contributed by atoms with Gasteiger partial charge in [0, 0.05) is 18.7 Å². The normalized spacial score (nSPS) is 21.2. The second kappa shape index (κ2) is 7.54. The summed E-state index contributed by atoms with van der Waals surface area (Å²) in [5, 5.41) is 9.10. The van der Waals surface area contributed by atoms with Gasteiger partial charge in [-0.25, -0.2) is 0 Å². The predicted molar refractivity (Wildman–Crippen MR) is 104 cm³/mol. The number of ketones is 1. The van der Waals surface area contributed by atoms with E-state index in [2.05, 4.69) is 0 Å². The van der Waals surface area contributed by atoms with Crippen molar-refractivity contribution in [1.82, 2.24) is 4.90 Å². The Labute approximate surface area is 172 Å². The van der Waals surface area contributed by atoms with E-state index in [9.17, 15) is 22.8 Å². The molecule has 1 aliphatic carbocycles. The highest BCUT2D eigenvalue weighted by Gasteiger charge is 2.48. The average Bonchev–Trinajstić information content (AvgIpc) is 3.02. The second-order valence-corrected chi connectivity index (χ2v) is 8.19. The lowest BCUT2D eigenvalue weighted by molar-refractivity contribution is -0.138. The van der Waals surface area contributed by atoms with Gasteiger partial charge in [0.05, 0.1) is 11.0 Å². The zero-order valence-corrected chi connectivity index (χ0v) is 16.3. The fourth-order valence-electron chi connectivity index (χ4n) is 4.59. The van der Waals surface area contributed by atoms with Gasteiger partial charge in [-0.05, 0) is 60.6 Å². The molecule has 2 aromatic rings. The third-order valence-corrected chi connectivity index (χ3v) is 6.33. The van der Waals surface area contributed by atoms with Crippen LogP contribution >= 0.6 is 0 Å². The molecule has 0 saturated carbocycles. The Kier molecular flexibility index (Phi) is 5.18. The summed E-state index contributed by atoms with van der Waals surface area (Å²) in [7, 11) is 0. The maximum absolute atomic E-state index is 13.2. The van der Waals surface area contributed by atoms with Crippen molar-refractivity contribution in [3.8, 4) is 0 Å². The van der Waals surface area contributed by atoms with Crippen LogP contribution in [0, 0.1) is 5.41 Å². The highest BCUT2D eigenvalue weighted by atomic mass is 19.4. The van der Waals surface area contributed by atoms with Crippen LogP contribution in [0.1, 0.15) is 45.5 Å². The molecule has 1 atom stereocenters. The molecule has 1 N–H and O–H groups in total. The molecule has 7 heteroatoms. The molecule has 1 saturated heterocycles. The molecule has 30 heavy (non-hydrogen) atoms. The van der Waals surface area contributed by atoms with Crippen LogP contribution in [0.2, 0.25) is 0 Å². The summed E-state index contributed by atoms with van der Waals surface area (Å²) in [6.45, 7) is 0.294. The topological polar surface area (TPSA) is 57.6 Å². The van der Waals surface area contributed by atoms with Gasteiger partial charge in [0.15, 0.2) is 5.78 Å². The molecule has 2 aromatic carbocycles. The van der Waals surface area contributed by atoms with Crippen LogP contribution in [-0.4, -0.2) is 34.8 Å². The first-order valence-corrected chi connectivity index (χ1v) is 9.93. The largest absolute Gasteiger partial charge is 0.416 e. The average molecular weight is 417 g/mol. The van der Waals surface area contributed by atoms with Crippen molar-refractivity contribution in [2.24, 2.45) is 5.41 Å². The number of nitrogens with zero attached hydrogens (tertiary/aromatic N) is 1. The molecule has 0 bridgehead atoms. The molecule has 158 valence electrons. The third kappa shape index (κ3) is 3.74. The minimum Gasteiger partial charge on any atom is -0.388 e. The zero-order chi connectivity index (χ0) is 21.5. The van der Waals surface area contributed by atoms with E-state index in [4.69, 9.17) is 5.11 Å². The molecular formula is C23H22F3NO3. The van der Waals surface area contributed by atoms with Gasteiger partial charge < -0.3 is 10.0 Å². The molecule has 0 unspecified atom stereocenters. The number of carbonyl (C=O) groups is 2. The monoisotopic (exact) mass is 417 g/mol. The summed E-state index contributed by atoms with van der Waals surface area (Å²) in [6, 6.07) is 10.3. The van der Waals surface area contributed by atoms with Crippen LogP contribution < -0.4 is 0 Å². The number of alkyl halides is 3. The fraction of sp³-hybridized carbons (Fsp3) is 0.391. The van der Waals surface area contributed by atoms with Crippen LogP contribution in [0.4, 0.5) is 13.2 Å². The lowest BCUT2D eigenvalue weighted by Crippen LogP contribution is -2.38. The molecule has 1 amide bonds. The highest BCUT2D eigenvalue weighted by molar-refractivity contribution is 5.97. The van der Waals surface area contributed by atoms with Gasteiger partial charge in [-0.1, -0.05) is 24.3 Å². The van der Waals surface area contributed by atoms with Crippen molar-refractivity contribution in [3.63, 3.8) is 0 Å². The van der Waals surface area contributed by atoms with Crippen molar-refractivity contribution >= 4 is 11.7 Å². The molecule has 1 aliphatic heterocycles. The summed E-state index contributed by atoms with van der Waals surface area (Å²) < 4.78 is 38.2. The number of hydrogen-bond acceptors (Lipinski definition) is 3. The van der Waals surface area contributed by atoms with Crippen LogP contribution in [0.15, 0.2) is 42.5 Å². The molecule has 1 heterocycles. The predicted octanol–water partition coefficient (Wildman–Crippen LogP) is 3.79. The van der Waals surface area contributed by atoms with Crippen molar-refractivity contribution in [1.29, 1.82) is 0 Å². The lowest BCUT2D eigenvalue weighted by atomic mass is 9.70. The van der Waals surface area contributed by atoms with E-state index >= 15 is 0 Å². The van der Waals surface area contributed by atoms with Gasteiger partial charge in [0.1, 0.15) is 6.61 Å². The summed E-state index contributed by atoms with van der Waals surface area (Å²) in [5.74, 6) is -0.328. The second-order valence-electron chi connectivity index (χ2n) is 8.19. The third-order valence-electron chi connectivity index (χ3n) is 6.33. The van der Waals surface area contributed by atoms with Gasteiger partial charge in [-0.3, -0.25) is 9.59 Å². The molecular weight excluding hydrogens is 395 g/mol. The van der Waals surface area contributed by atoms with E-state index in [1.807, 2.05) is 6.07 Å². The number of fused-ring (bicyclic) bond motifs is 1. The van der Waals surface area contributed by atoms with Gasteiger partial charge in [-0.15, -0.1) is 0 Å². The van der Waals surface area contributed by atoms with E-state index in [1.165, 1.54) is 12.1 Å². The van der Waals surface area contributed by atoms with Gasteiger partial charge >= 0.3 is 6.18 Å². The minimum atomic E-state index is -4.38. The smallest absolute Gasteiger partial charge is 0.388 e. The van der Waals surface area contributed by atoms with E-state index in [0.29, 0.717) is 30.5 Å². The number of likely N-dealkylation sites (tertiary alicyclic amines) is 1. The van der Waals surface area contributed by atoms with Crippen molar-refractivity contribution in [2.45, 2.75) is 38.4 Å². The zero-order valence-electron chi connectivity index (χ0n) is 16.3. The first-order chi connectivity index (χ1) is 14.2. The minimum absolute atomic E-state index is 0.0203. The Morgan fingerprint density at radius 1 is 1.07 bits per heavy atom. The Bertz CT molecular complexity index is 984. The molecule has 1 fully saturated rings. The Morgan fingerprint density at radius 3 is 2.47 bits per heavy atom. The first-order valence-electron chi connectivity index (χ1n) is 9.93. The number of amides is 1. The molecule has 0 radical (unpaired) electrons. The number of aliphatic hydroxyl groups is 1. The van der Waals surface area contributed by atoms with E-state index in [1.54, 1.807) is 17.0 Å². The fourth-order valence-corrected chi connectivity index (χ4v) is 4.59. The van der Waals surface area contributed by atoms with Gasteiger partial charge in [0.25, 0.3) is 0 Å². The summed E-state index contributed by atoms with van der Waals surface area (Å²) in [5.41, 5.74) is 1.96. The Hall–Kier alpha value is -2.67. The number of halogens is 3. The number of Topliss-reactive ketones (excluding diaryl/α,β-unsaturated/α-hetero) is 1. The maximum atomic E-state index is 13.2. The number of hydrogen-bond donors (Lipinski definition) is 1. The quantitative estimate of drug-likeness (QED) is 0.771. The first kappa shape index (κ1) is 20.6. The maximum Gasteiger partial charge on any atom is 0.416 e. The summed E-state index contributed by atoms with van der Waals surface area (Å²) >= 11 is 0. The highest BCUT2D eigenvalue weighted by Crippen LogP contribution is 2.44. The van der Waals surface area contributed by atoms with Crippen molar-refractivity contribution < 1.29 is 27.9 Å². The lowest BCUT2D eigenvalue weighted by Gasteiger charge is -2.33. The van der Waals surface area contributed by atoms with Gasteiger partial charge in [0.2, 0.25) is 5.91 Å². The Morgan fingerprint density at radius 2 is 1.80 bits per heavy atom. The standard InChI is InChI=1S/C23H22F3NO3/c24-23(25,26)19-5-1-15(2-6-19)13-27-10-9-22(21(27)30)8-7-16-3-4-17(20(29)14-28)11-18(16)12-22/h1-6,11,28H,7-10,12-14H2/t22-/m1/s1. The molecule has 4 nitrogen and oxygen atoms in total. The molecule has 1 spiro atoms. The van der Waals surface area contributed by atoms with Crippen LogP contribution in [-0.2, 0) is 30.4 Å².